The molecule has 0 amide bonds. The van der Waals surface area contributed by atoms with E-state index >= 15 is 0 Å². The van der Waals surface area contributed by atoms with E-state index in [4.69, 9.17) is 18.0 Å². The number of hydrogen-bond acceptors (Lipinski definition) is 3. The average molecular weight is 271 g/mol. The van der Waals surface area contributed by atoms with Gasteiger partial charge in [0.25, 0.3) is 0 Å². The lowest BCUT2D eigenvalue weighted by Gasteiger charge is -2.24. The van der Waals surface area contributed by atoms with Crippen molar-refractivity contribution in [3.8, 4) is 0 Å². The van der Waals surface area contributed by atoms with Gasteiger partial charge in [0, 0.05) is 24.8 Å². The van der Waals surface area contributed by atoms with Crippen LogP contribution in [0.5, 0.6) is 0 Å². The summed E-state index contributed by atoms with van der Waals surface area (Å²) in [5, 5.41) is 0. The fraction of sp³-hybridized carbons (Fsp3) is 0.200. The molecule has 1 heterocycles. The number of nitrogens with zero attached hydrogens (tertiary/aromatic N) is 2. The molecule has 2 aromatic rings. The Kier molecular flexibility index (Phi) is 4.86. The summed E-state index contributed by atoms with van der Waals surface area (Å²) in [6.45, 7) is 1.56. The first-order valence-electron chi connectivity index (χ1n) is 6.24. The predicted octanol–water partition coefficient (Wildman–Crippen LogP) is 2.76. The van der Waals surface area contributed by atoms with Gasteiger partial charge in [0.15, 0.2) is 0 Å². The minimum absolute atomic E-state index is 0.543. The van der Waals surface area contributed by atoms with Gasteiger partial charge in [-0.15, -0.1) is 0 Å². The van der Waals surface area contributed by atoms with Crippen LogP contribution in [0.2, 0.25) is 0 Å². The van der Waals surface area contributed by atoms with Crippen LogP contribution in [0.3, 0.4) is 0 Å². The van der Waals surface area contributed by atoms with Gasteiger partial charge >= 0.3 is 0 Å². The third-order valence-electron chi connectivity index (χ3n) is 2.83. The van der Waals surface area contributed by atoms with Crippen molar-refractivity contribution in [1.82, 2.24) is 4.98 Å². The topological polar surface area (TPSA) is 42.1 Å². The summed E-state index contributed by atoms with van der Waals surface area (Å²) in [4.78, 5) is 7.15. The lowest BCUT2D eigenvalue weighted by atomic mass is 10.2. The number of nitrogens with two attached hydrogens (primary N) is 1. The van der Waals surface area contributed by atoms with Crippen molar-refractivity contribution in [1.29, 1.82) is 0 Å². The van der Waals surface area contributed by atoms with E-state index < -0.39 is 0 Å². The lowest BCUT2D eigenvalue weighted by Crippen LogP contribution is -2.27. The fourth-order valence-corrected chi connectivity index (χ4v) is 1.96. The maximum atomic E-state index is 5.60. The van der Waals surface area contributed by atoms with Gasteiger partial charge in [-0.25, -0.2) is 0 Å². The highest BCUT2D eigenvalue weighted by Gasteiger charge is 2.08. The molecule has 3 nitrogen and oxygen atoms in total. The van der Waals surface area contributed by atoms with Gasteiger partial charge in [-0.1, -0.05) is 36.5 Å². The van der Waals surface area contributed by atoms with Crippen LogP contribution in [-0.4, -0.2) is 16.5 Å². The van der Waals surface area contributed by atoms with Gasteiger partial charge in [-0.2, -0.15) is 0 Å². The number of pyridine rings is 1. The number of benzene rings is 1. The quantitative estimate of drug-likeness (QED) is 0.820. The van der Waals surface area contributed by atoms with Crippen molar-refractivity contribution < 1.29 is 0 Å². The Balaban J connectivity index is 2.12. The Bertz CT molecular complexity index is 513. The van der Waals surface area contributed by atoms with Gasteiger partial charge in [0.2, 0.25) is 0 Å². The van der Waals surface area contributed by atoms with Crippen LogP contribution in [0.15, 0.2) is 54.7 Å². The molecule has 0 spiro atoms. The third-order valence-corrected chi connectivity index (χ3v) is 3.03. The number of hydrogen-bond donors (Lipinski definition) is 1. The zero-order chi connectivity index (χ0) is 13.5. The predicted molar refractivity (Wildman–Crippen MR) is 83.1 cm³/mol. The minimum Gasteiger partial charge on any atom is -0.393 e. The Hall–Kier alpha value is -1.94. The molecule has 0 unspecified atom stereocenters. The SMILES string of the molecule is NC(=S)CCN(Cc1ccccn1)c1ccccc1. The van der Waals surface area contributed by atoms with E-state index in [1.165, 1.54) is 0 Å². The summed E-state index contributed by atoms with van der Waals surface area (Å²) < 4.78 is 0. The van der Waals surface area contributed by atoms with Gasteiger partial charge in [-0.05, 0) is 24.3 Å². The molecule has 0 aliphatic carbocycles. The number of para-hydroxylation sites is 1. The summed E-state index contributed by atoms with van der Waals surface area (Å²) in [5.74, 6) is 0. The number of anilines is 1. The van der Waals surface area contributed by atoms with Crippen molar-refractivity contribution >= 4 is 22.9 Å². The second kappa shape index (κ2) is 6.85. The second-order valence-corrected chi connectivity index (χ2v) is 4.82. The van der Waals surface area contributed by atoms with Gasteiger partial charge in [0.05, 0.1) is 17.2 Å². The largest absolute Gasteiger partial charge is 0.393 e. The lowest BCUT2D eigenvalue weighted by molar-refractivity contribution is 0.788. The Morgan fingerprint density at radius 3 is 2.47 bits per heavy atom. The van der Waals surface area contributed by atoms with Crippen molar-refractivity contribution in [2.45, 2.75) is 13.0 Å². The van der Waals surface area contributed by atoms with Crippen LogP contribution in [0.4, 0.5) is 5.69 Å². The summed E-state index contributed by atoms with van der Waals surface area (Å²) >= 11 is 4.96. The number of rotatable bonds is 6. The molecule has 0 saturated carbocycles. The molecule has 4 heteroatoms. The molecule has 1 aromatic heterocycles. The molecule has 0 bridgehead atoms. The van der Waals surface area contributed by atoms with Crippen molar-refractivity contribution in [3.05, 3.63) is 60.4 Å². The minimum atomic E-state index is 0.543. The highest BCUT2D eigenvalue weighted by molar-refractivity contribution is 7.80. The van der Waals surface area contributed by atoms with Crippen LogP contribution in [-0.2, 0) is 6.54 Å². The molecule has 19 heavy (non-hydrogen) atoms. The molecule has 0 aliphatic heterocycles. The molecule has 0 saturated heterocycles. The van der Waals surface area contributed by atoms with Crippen molar-refractivity contribution in [2.75, 3.05) is 11.4 Å². The van der Waals surface area contributed by atoms with Crippen LogP contribution in [0.25, 0.3) is 0 Å². The van der Waals surface area contributed by atoms with Crippen molar-refractivity contribution in [3.63, 3.8) is 0 Å². The maximum Gasteiger partial charge on any atom is 0.0745 e. The number of thiocarbonyl (C=S) groups is 1. The van der Waals surface area contributed by atoms with E-state index in [0.29, 0.717) is 11.4 Å². The fourth-order valence-electron chi connectivity index (χ4n) is 1.87. The number of aromatic nitrogens is 1. The van der Waals surface area contributed by atoms with Crippen LogP contribution < -0.4 is 10.6 Å². The molecule has 0 radical (unpaired) electrons. The van der Waals surface area contributed by atoms with E-state index in [1.54, 1.807) is 0 Å². The average Bonchev–Trinajstić information content (AvgIpc) is 2.45. The zero-order valence-corrected chi connectivity index (χ0v) is 11.5. The summed E-state index contributed by atoms with van der Waals surface area (Å²) in [5.41, 5.74) is 7.79. The van der Waals surface area contributed by atoms with Crippen molar-refractivity contribution in [2.24, 2.45) is 5.73 Å². The molecular formula is C15H17N3S. The second-order valence-electron chi connectivity index (χ2n) is 4.29. The summed E-state index contributed by atoms with van der Waals surface area (Å²) in [6.07, 6.45) is 2.52. The van der Waals surface area contributed by atoms with E-state index in [9.17, 15) is 0 Å². The van der Waals surface area contributed by atoms with Crippen LogP contribution >= 0.6 is 12.2 Å². The normalized spacial score (nSPS) is 10.1. The van der Waals surface area contributed by atoms with E-state index in [-0.39, 0.29) is 0 Å². The highest BCUT2D eigenvalue weighted by atomic mass is 32.1. The molecule has 1 aromatic carbocycles. The zero-order valence-electron chi connectivity index (χ0n) is 10.7. The standard InChI is InChI=1S/C15H17N3S/c16-15(19)9-11-18(14-7-2-1-3-8-14)12-13-6-4-5-10-17-13/h1-8,10H,9,11-12H2,(H2,16,19). The Labute approximate surface area is 119 Å². The summed E-state index contributed by atoms with van der Waals surface area (Å²) in [7, 11) is 0. The highest BCUT2D eigenvalue weighted by Crippen LogP contribution is 2.16. The molecular weight excluding hydrogens is 254 g/mol. The third kappa shape index (κ3) is 4.34. The van der Waals surface area contributed by atoms with E-state index in [0.717, 1.165) is 24.5 Å². The maximum absolute atomic E-state index is 5.60. The first-order valence-corrected chi connectivity index (χ1v) is 6.65. The smallest absolute Gasteiger partial charge is 0.0745 e. The van der Waals surface area contributed by atoms with Gasteiger partial charge in [-0.3, -0.25) is 4.98 Å². The van der Waals surface area contributed by atoms with Crippen LogP contribution in [0.1, 0.15) is 12.1 Å². The van der Waals surface area contributed by atoms with Crippen LogP contribution in [0, 0.1) is 0 Å². The molecule has 2 rings (SSSR count). The van der Waals surface area contributed by atoms with Gasteiger partial charge in [0.1, 0.15) is 0 Å². The molecule has 2 N–H and O–H groups in total. The molecule has 0 aliphatic rings. The molecule has 98 valence electrons. The first-order chi connectivity index (χ1) is 9.25. The van der Waals surface area contributed by atoms with Gasteiger partial charge < -0.3 is 10.6 Å². The first kappa shape index (κ1) is 13.5. The molecule has 0 fully saturated rings. The monoisotopic (exact) mass is 271 g/mol. The van der Waals surface area contributed by atoms with E-state index in [1.807, 2.05) is 42.6 Å². The molecule has 0 atom stereocenters. The Morgan fingerprint density at radius 2 is 1.84 bits per heavy atom. The van der Waals surface area contributed by atoms with E-state index in [2.05, 4.69) is 22.0 Å². The Morgan fingerprint density at radius 1 is 1.11 bits per heavy atom. The summed E-state index contributed by atoms with van der Waals surface area (Å²) in [6, 6.07) is 16.2.